The van der Waals surface area contributed by atoms with Gasteiger partial charge in [-0.1, -0.05) is 17.7 Å². The van der Waals surface area contributed by atoms with Gasteiger partial charge in [0.2, 0.25) is 11.5 Å². The van der Waals surface area contributed by atoms with Crippen LogP contribution in [0, 0.1) is 11.3 Å². The van der Waals surface area contributed by atoms with Gasteiger partial charge in [0.25, 0.3) is 0 Å². The lowest BCUT2D eigenvalue weighted by molar-refractivity contribution is 0.106. The first kappa shape index (κ1) is 15.5. The highest BCUT2D eigenvalue weighted by atomic mass is 35.5. The second-order valence-corrected chi connectivity index (χ2v) is 4.69. The molecule has 0 unspecified atom stereocenters. The zero-order valence-electron chi connectivity index (χ0n) is 11.7. The Balaban J connectivity index is 2.17. The van der Waals surface area contributed by atoms with Crippen molar-refractivity contribution in [2.24, 2.45) is 5.10 Å². The predicted molar refractivity (Wildman–Crippen MR) is 85.4 cm³/mol. The standard InChI is InChI=1S/C16H12ClN3O2/c1-22-14-7-5-11(6-8-14)16(21)15(10-18)20-19-13-4-2-3-12(17)9-13/h2-9,19H,1H3/b20-15+. The van der Waals surface area contributed by atoms with E-state index in [1.54, 1.807) is 54.6 Å². The Kier molecular flexibility index (Phi) is 5.12. The summed E-state index contributed by atoms with van der Waals surface area (Å²) in [6.45, 7) is 0. The molecule has 0 fully saturated rings. The van der Waals surface area contributed by atoms with Crippen molar-refractivity contribution in [1.29, 1.82) is 5.26 Å². The van der Waals surface area contributed by atoms with Crippen molar-refractivity contribution in [3.63, 3.8) is 0 Å². The van der Waals surface area contributed by atoms with Gasteiger partial charge >= 0.3 is 0 Å². The number of rotatable bonds is 5. The van der Waals surface area contributed by atoms with Crippen molar-refractivity contribution in [3.05, 3.63) is 59.1 Å². The lowest BCUT2D eigenvalue weighted by atomic mass is 10.1. The van der Waals surface area contributed by atoms with Crippen molar-refractivity contribution < 1.29 is 9.53 Å². The molecule has 0 aliphatic carbocycles. The van der Waals surface area contributed by atoms with Gasteiger partial charge in [-0.15, -0.1) is 0 Å². The second kappa shape index (κ2) is 7.25. The molecule has 110 valence electrons. The summed E-state index contributed by atoms with van der Waals surface area (Å²) in [4.78, 5) is 12.2. The fraction of sp³-hybridized carbons (Fsp3) is 0.0625. The summed E-state index contributed by atoms with van der Waals surface area (Å²) >= 11 is 5.85. The Morgan fingerprint density at radius 1 is 1.27 bits per heavy atom. The molecule has 0 spiro atoms. The minimum Gasteiger partial charge on any atom is -0.497 e. The van der Waals surface area contributed by atoms with Crippen LogP contribution in [0.5, 0.6) is 5.75 Å². The maximum absolute atomic E-state index is 12.2. The highest BCUT2D eigenvalue weighted by Crippen LogP contribution is 2.15. The molecule has 0 saturated carbocycles. The Morgan fingerprint density at radius 3 is 2.59 bits per heavy atom. The van der Waals surface area contributed by atoms with E-state index in [4.69, 9.17) is 21.6 Å². The number of nitrogens with zero attached hydrogens (tertiary/aromatic N) is 2. The fourth-order valence-electron chi connectivity index (χ4n) is 1.68. The van der Waals surface area contributed by atoms with Gasteiger partial charge in [0.15, 0.2) is 0 Å². The SMILES string of the molecule is COc1ccc(C(=O)/C(C#N)=N/Nc2cccc(Cl)c2)cc1. The molecule has 0 saturated heterocycles. The number of hydrogen-bond acceptors (Lipinski definition) is 5. The van der Waals surface area contributed by atoms with E-state index in [1.807, 2.05) is 0 Å². The third kappa shape index (κ3) is 3.84. The number of Topliss-reactive ketones (excluding diaryl/α,β-unsaturated/α-hetero) is 1. The number of hydrogen-bond donors (Lipinski definition) is 1. The van der Waals surface area contributed by atoms with E-state index in [0.29, 0.717) is 22.0 Å². The molecule has 2 aromatic rings. The minimum absolute atomic E-state index is 0.245. The molecule has 0 heterocycles. The molecule has 2 aromatic carbocycles. The van der Waals surface area contributed by atoms with Gasteiger partial charge in [-0.25, -0.2) is 0 Å². The quantitative estimate of drug-likeness (QED) is 0.520. The summed E-state index contributed by atoms with van der Waals surface area (Å²) in [6.07, 6.45) is 0. The number of benzene rings is 2. The number of carbonyl (C=O) groups excluding carboxylic acids is 1. The maximum atomic E-state index is 12.2. The Labute approximate surface area is 132 Å². The number of methoxy groups -OCH3 is 1. The summed E-state index contributed by atoms with van der Waals surface area (Å²) in [5.74, 6) is 0.156. The van der Waals surface area contributed by atoms with Crippen LogP contribution in [-0.4, -0.2) is 18.6 Å². The zero-order valence-corrected chi connectivity index (χ0v) is 12.5. The highest BCUT2D eigenvalue weighted by Gasteiger charge is 2.14. The molecule has 0 bridgehead atoms. The summed E-state index contributed by atoms with van der Waals surface area (Å²) in [5, 5.41) is 13.5. The van der Waals surface area contributed by atoms with Gasteiger partial charge in [-0.05, 0) is 42.5 Å². The first-order valence-electron chi connectivity index (χ1n) is 6.32. The lowest BCUT2D eigenvalue weighted by Gasteiger charge is -2.03. The molecule has 0 amide bonds. The van der Waals surface area contributed by atoms with Crippen LogP contribution in [0.15, 0.2) is 53.6 Å². The molecule has 0 aliphatic heterocycles. The van der Waals surface area contributed by atoms with Crippen molar-refractivity contribution in [2.75, 3.05) is 12.5 Å². The van der Waals surface area contributed by atoms with Crippen LogP contribution in [0.4, 0.5) is 5.69 Å². The van der Waals surface area contributed by atoms with Gasteiger partial charge < -0.3 is 4.74 Å². The number of halogens is 1. The number of nitriles is 1. The van der Waals surface area contributed by atoms with Crippen LogP contribution in [0.25, 0.3) is 0 Å². The van der Waals surface area contributed by atoms with E-state index in [-0.39, 0.29) is 5.71 Å². The van der Waals surface area contributed by atoms with Crippen LogP contribution in [0.1, 0.15) is 10.4 Å². The summed E-state index contributed by atoms with van der Waals surface area (Å²) in [7, 11) is 1.54. The van der Waals surface area contributed by atoms with Crippen molar-refractivity contribution in [2.45, 2.75) is 0 Å². The number of nitrogens with one attached hydrogen (secondary N) is 1. The Bertz CT molecular complexity index is 749. The first-order chi connectivity index (χ1) is 10.6. The topological polar surface area (TPSA) is 74.5 Å². The van der Waals surface area contributed by atoms with Crippen LogP contribution in [0.3, 0.4) is 0 Å². The molecule has 1 N–H and O–H groups in total. The summed E-state index contributed by atoms with van der Waals surface area (Å²) in [5.41, 5.74) is 3.34. The molecule has 0 radical (unpaired) electrons. The second-order valence-electron chi connectivity index (χ2n) is 4.25. The molecule has 0 aliphatic rings. The molecular weight excluding hydrogens is 302 g/mol. The van der Waals surface area contributed by atoms with Gasteiger partial charge in [-0.3, -0.25) is 10.2 Å². The summed E-state index contributed by atoms with van der Waals surface area (Å²) < 4.78 is 5.02. The molecular formula is C16H12ClN3O2. The third-order valence-electron chi connectivity index (χ3n) is 2.79. The van der Waals surface area contributed by atoms with Crippen molar-refractivity contribution in [1.82, 2.24) is 0 Å². The number of ether oxygens (including phenoxy) is 1. The Hall–Kier alpha value is -2.84. The number of anilines is 1. The van der Waals surface area contributed by atoms with Crippen molar-refractivity contribution in [3.8, 4) is 11.8 Å². The fourth-order valence-corrected chi connectivity index (χ4v) is 1.87. The van der Waals surface area contributed by atoms with Crippen LogP contribution >= 0.6 is 11.6 Å². The average Bonchev–Trinajstić information content (AvgIpc) is 2.55. The normalized spacial score (nSPS) is 10.7. The van der Waals surface area contributed by atoms with Crippen LogP contribution < -0.4 is 10.2 Å². The van der Waals surface area contributed by atoms with Gasteiger partial charge in [0.05, 0.1) is 12.8 Å². The van der Waals surface area contributed by atoms with E-state index in [1.165, 1.54) is 7.11 Å². The number of hydrazone groups is 1. The van der Waals surface area contributed by atoms with E-state index in [2.05, 4.69) is 10.5 Å². The predicted octanol–water partition coefficient (Wildman–Crippen LogP) is 3.52. The average molecular weight is 314 g/mol. The van der Waals surface area contributed by atoms with E-state index in [9.17, 15) is 4.79 Å². The molecule has 6 heteroatoms. The van der Waals surface area contributed by atoms with Crippen LogP contribution in [0.2, 0.25) is 5.02 Å². The number of ketones is 1. The van der Waals surface area contributed by atoms with Crippen LogP contribution in [-0.2, 0) is 0 Å². The molecule has 0 atom stereocenters. The smallest absolute Gasteiger partial charge is 0.223 e. The van der Waals surface area contributed by atoms with Crippen molar-refractivity contribution >= 4 is 28.8 Å². The van der Waals surface area contributed by atoms with E-state index in [0.717, 1.165) is 0 Å². The van der Waals surface area contributed by atoms with E-state index >= 15 is 0 Å². The Morgan fingerprint density at radius 2 is 2.00 bits per heavy atom. The molecule has 0 aromatic heterocycles. The van der Waals surface area contributed by atoms with Gasteiger partial charge in [0, 0.05) is 10.6 Å². The van der Waals surface area contributed by atoms with Gasteiger partial charge in [-0.2, -0.15) is 10.4 Å². The van der Waals surface area contributed by atoms with Gasteiger partial charge in [0.1, 0.15) is 11.8 Å². The maximum Gasteiger partial charge on any atom is 0.223 e. The first-order valence-corrected chi connectivity index (χ1v) is 6.70. The lowest BCUT2D eigenvalue weighted by Crippen LogP contribution is -2.14. The largest absolute Gasteiger partial charge is 0.497 e. The molecule has 22 heavy (non-hydrogen) atoms. The molecule has 5 nitrogen and oxygen atoms in total. The molecule has 2 rings (SSSR count). The number of carbonyl (C=O) groups is 1. The minimum atomic E-state index is -0.473. The highest BCUT2D eigenvalue weighted by molar-refractivity contribution is 6.51. The monoisotopic (exact) mass is 313 g/mol. The zero-order chi connectivity index (χ0) is 15.9. The van der Waals surface area contributed by atoms with E-state index < -0.39 is 5.78 Å². The third-order valence-corrected chi connectivity index (χ3v) is 3.03. The summed E-state index contributed by atoms with van der Waals surface area (Å²) in [6, 6.07) is 15.0.